The summed E-state index contributed by atoms with van der Waals surface area (Å²) < 4.78 is 22.7. The van der Waals surface area contributed by atoms with Gasteiger partial charge in [-0.15, -0.1) is 6.58 Å². The van der Waals surface area contributed by atoms with E-state index in [1.807, 2.05) is 18.2 Å². The van der Waals surface area contributed by atoms with Gasteiger partial charge in [0.05, 0.1) is 18.6 Å². The van der Waals surface area contributed by atoms with Crippen LogP contribution in [0.2, 0.25) is 0 Å². The smallest absolute Gasteiger partial charge is 0.314 e. The Morgan fingerprint density at radius 1 is 0.895 bits per heavy atom. The Bertz CT molecular complexity index is 1080. The molecular formula is C32H42O6. The SMILES string of the molecule is C=CCc1cc(/C=C/C(=O)c2ccc(OCOC(=O)C(C)(C)C)cc2)c(OCCCC)cc1OCCCC. The van der Waals surface area contributed by atoms with Gasteiger partial charge in [0.2, 0.25) is 6.79 Å². The first-order valence-corrected chi connectivity index (χ1v) is 13.4. The van der Waals surface area contributed by atoms with Crippen LogP contribution in [0.3, 0.4) is 0 Å². The van der Waals surface area contributed by atoms with Crippen molar-refractivity contribution in [1.29, 1.82) is 0 Å². The molecule has 0 unspecified atom stereocenters. The van der Waals surface area contributed by atoms with Crippen LogP contribution in [0.1, 0.15) is 81.8 Å². The zero-order valence-corrected chi connectivity index (χ0v) is 23.5. The number of carbonyl (C=O) groups is 2. The van der Waals surface area contributed by atoms with Crippen LogP contribution >= 0.6 is 0 Å². The lowest BCUT2D eigenvalue weighted by Crippen LogP contribution is -2.24. The zero-order chi connectivity index (χ0) is 28.0. The Hall–Kier alpha value is -3.54. The van der Waals surface area contributed by atoms with Gasteiger partial charge < -0.3 is 18.9 Å². The number of ether oxygens (including phenoxy) is 4. The van der Waals surface area contributed by atoms with E-state index >= 15 is 0 Å². The third-order valence-corrected chi connectivity index (χ3v) is 5.65. The number of allylic oxidation sites excluding steroid dienone is 2. The van der Waals surface area contributed by atoms with Crippen LogP contribution in [-0.4, -0.2) is 31.8 Å². The first-order valence-electron chi connectivity index (χ1n) is 13.4. The summed E-state index contributed by atoms with van der Waals surface area (Å²) in [5.74, 6) is 1.49. The molecule has 0 aliphatic heterocycles. The van der Waals surface area contributed by atoms with Crippen molar-refractivity contribution in [3.63, 3.8) is 0 Å². The molecule has 206 valence electrons. The van der Waals surface area contributed by atoms with Gasteiger partial charge in [-0.2, -0.15) is 0 Å². The quantitative estimate of drug-likeness (QED) is 0.0565. The van der Waals surface area contributed by atoms with Gasteiger partial charge >= 0.3 is 5.97 Å². The highest BCUT2D eigenvalue weighted by Crippen LogP contribution is 2.32. The second kappa shape index (κ2) is 15.7. The molecule has 0 N–H and O–H groups in total. The van der Waals surface area contributed by atoms with E-state index in [-0.39, 0.29) is 18.5 Å². The summed E-state index contributed by atoms with van der Waals surface area (Å²) in [6, 6.07) is 10.6. The number of carbonyl (C=O) groups excluding carboxylic acids is 2. The van der Waals surface area contributed by atoms with Crippen molar-refractivity contribution >= 4 is 17.8 Å². The molecule has 0 aliphatic carbocycles. The summed E-state index contributed by atoms with van der Waals surface area (Å²) in [7, 11) is 0. The predicted molar refractivity (Wildman–Crippen MR) is 152 cm³/mol. The number of ketones is 1. The van der Waals surface area contributed by atoms with Crippen LogP contribution in [0.4, 0.5) is 0 Å². The van der Waals surface area contributed by atoms with Gasteiger partial charge in [0.15, 0.2) is 5.78 Å². The first-order chi connectivity index (χ1) is 18.2. The standard InChI is InChI=1S/C32H42O6/c1-7-10-19-35-29-22-30(36-20-11-8-2)26(21-25(29)12-9-3)15-18-28(33)24-13-16-27(17-14-24)37-23-38-31(34)32(4,5)6/h9,13-18,21-22H,3,7-8,10-12,19-20,23H2,1-2,4-6H3/b18-15+. The molecule has 6 nitrogen and oxygen atoms in total. The first kappa shape index (κ1) is 30.7. The van der Waals surface area contributed by atoms with Crippen LogP contribution in [0.5, 0.6) is 17.2 Å². The molecule has 0 saturated carbocycles. The Kier molecular flexibility index (Phi) is 12.6. The highest BCUT2D eigenvalue weighted by atomic mass is 16.7. The molecule has 0 atom stereocenters. The Morgan fingerprint density at radius 3 is 2.11 bits per heavy atom. The number of rotatable bonds is 16. The molecule has 2 rings (SSSR count). The lowest BCUT2D eigenvalue weighted by molar-refractivity contribution is -0.159. The molecule has 0 bridgehead atoms. The van der Waals surface area contributed by atoms with E-state index in [4.69, 9.17) is 18.9 Å². The topological polar surface area (TPSA) is 71.1 Å². The Labute approximate surface area is 227 Å². The minimum atomic E-state index is -0.596. The van der Waals surface area contributed by atoms with Crippen molar-refractivity contribution in [2.24, 2.45) is 5.41 Å². The van der Waals surface area contributed by atoms with Crippen LogP contribution in [0.15, 0.2) is 55.1 Å². The van der Waals surface area contributed by atoms with E-state index in [0.29, 0.717) is 36.7 Å². The second-order valence-electron chi connectivity index (χ2n) is 10.1. The summed E-state index contributed by atoms with van der Waals surface area (Å²) in [5, 5.41) is 0. The lowest BCUT2D eigenvalue weighted by atomic mass is 9.98. The second-order valence-corrected chi connectivity index (χ2v) is 10.1. The predicted octanol–water partition coefficient (Wildman–Crippen LogP) is 7.59. The van der Waals surface area contributed by atoms with E-state index in [2.05, 4.69) is 20.4 Å². The van der Waals surface area contributed by atoms with Gasteiger partial charge in [-0.25, -0.2) is 0 Å². The number of hydrogen-bond donors (Lipinski definition) is 0. The van der Waals surface area contributed by atoms with Gasteiger partial charge in [0, 0.05) is 17.2 Å². The van der Waals surface area contributed by atoms with E-state index in [1.165, 1.54) is 6.08 Å². The van der Waals surface area contributed by atoms with E-state index in [1.54, 1.807) is 51.1 Å². The zero-order valence-electron chi connectivity index (χ0n) is 23.5. The molecule has 2 aromatic rings. The maximum atomic E-state index is 12.9. The number of benzene rings is 2. The maximum absolute atomic E-state index is 12.9. The van der Waals surface area contributed by atoms with Crippen LogP contribution in [-0.2, 0) is 16.0 Å². The van der Waals surface area contributed by atoms with E-state index in [0.717, 1.165) is 42.6 Å². The molecule has 0 radical (unpaired) electrons. The molecule has 0 saturated heterocycles. The molecule has 0 aromatic heterocycles. The molecule has 6 heteroatoms. The summed E-state index contributed by atoms with van der Waals surface area (Å²) in [5.41, 5.74) is 1.73. The largest absolute Gasteiger partial charge is 0.493 e. The molecule has 0 amide bonds. The third-order valence-electron chi connectivity index (χ3n) is 5.65. The molecule has 38 heavy (non-hydrogen) atoms. The average molecular weight is 523 g/mol. The summed E-state index contributed by atoms with van der Waals surface area (Å²) in [4.78, 5) is 24.7. The Morgan fingerprint density at radius 2 is 1.53 bits per heavy atom. The third kappa shape index (κ3) is 10.1. The van der Waals surface area contributed by atoms with Crippen molar-refractivity contribution in [1.82, 2.24) is 0 Å². The van der Waals surface area contributed by atoms with Crippen molar-refractivity contribution < 1.29 is 28.5 Å². The average Bonchev–Trinajstić information content (AvgIpc) is 2.89. The summed E-state index contributed by atoms with van der Waals surface area (Å²) in [6.45, 7) is 14.5. The van der Waals surface area contributed by atoms with Gasteiger partial charge in [0.25, 0.3) is 0 Å². The molecule has 0 fully saturated rings. The van der Waals surface area contributed by atoms with Gasteiger partial charge in [-0.3, -0.25) is 9.59 Å². The monoisotopic (exact) mass is 522 g/mol. The Balaban J connectivity index is 2.16. The van der Waals surface area contributed by atoms with E-state index < -0.39 is 5.41 Å². The molecular weight excluding hydrogens is 480 g/mol. The van der Waals surface area contributed by atoms with Crippen LogP contribution < -0.4 is 14.2 Å². The minimum absolute atomic E-state index is 0.149. The number of unbranched alkanes of at least 4 members (excludes halogenated alkanes) is 2. The molecule has 2 aromatic carbocycles. The fourth-order valence-electron chi connectivity index (χ4n) is 3.33. The fourth-order valence-corrected chi connectivity index (χ4v) is 3.33. The van der Waals surface area contributed by atoms with Gasteiger partial charge in [-0.05, 0) is 88.1 Å². The molecule has 0 spiro atoms. The van der Waals surface area contributed by atoms with Crippen molar-refractivity contribution in [2.75, 3.05) is 20.0 Å². The normalized spacial score (nSPS) is 11.3. The lowest BCUT2D eigenvalue weighted by Gasteiger charge is -2.16. The van der Waals surface area contributed by atoms with Crippen molar-refractivity contribution in [2.45, 2.75) is 66.7 Å². The van der Waals surface area contributed by atoms with Crippen LogP contribution in [0, 0.1) is 5.41 Å². The van der Waals surface area contributed by atoms with E-state index in [9.17, 15) is 9.59 Å². The highest BCUT2D eigenvalue weighted by Gasteiger charge is 2.23. The summed E-state index contributed by atoms with van der Waals surface area (Å²) >= 11 is 0. The number of hydrogen-bond acceptors (Lipinski definition) is 6. The highest BCUT2D eigenvalue weighted by molar-refractivity contribution is 6.07. The van der Waals surface area contributed by atoms with Gasteiger partial charge in [-0.1, -0.05) is 32.8 Å². The molecule has 0 aliphatic rings. The van der Waals surface area contributed by atoms with Gasteiger partial charge in [0.1, 0.15) is 17.2 Å². The fraction of sp³-hybridized carbons (Fsp3) is 0.438. The maximum Gasteiger partial charge on any atom is 0.314 e. The minimum Gasteiger partial charge on any atom is -0.493 e. The van der Waals surface area contributed by atoms with Crippen LogP contribution in [0.25, 0.3) is 6.08 Å². The number of esters is 1. The van der Waals surface area contributed by atoms with Crippen molar-refractivity contribution in [3.05, 3.63) is 71.8 Å². The summed E-state index contributed by atoms with van der Waals surface area (Å²) in [6.07, 6.45) is 9.80. The molecule has 0 heterocycles. The van der Waals surface area contributed by atoms with Crippen molar-refractivity contribution in [3.8, 4) is 17.2 Å².